The zero-order valence-electron chi connectivity index (χ0n) is 8.42. The Hall–Kier alpha value is -1.35. The van der Waals surface area contributed by atoms with Crippen molar-refractivity contribution in [2.45, 2.75) is 10.6 Å². The highest BCUT2D eigenvalue weighted by molar-refractivity contribution is 7.98. The number of carbonyl (C=O) groups excluding carboxylic acids is 1. The molecule has 4 heteroatoms. The van der Waals surface area contributed by atoms with Crippen molar-refractivity contribution in [3.8, 4) is 0 Å². The maximum atomic E-state index is 10.2. The molecule has 0 bridgehead atoms. The fourth-order valence-corrected chi connectivity index (χ4v) is 3.10. The minimum Gasteiger partial charge on any atom is -0.211 e. The van der Waals surface area contributed by atoms with E-state index in [-0.39, 0.29) is 0 Å². The van der Waals surface area contributed by atoms with Gasteiger partial charge in [-0.1, -0.05) is 18.2 Å². The zero-order chi connectivity index (χ0) is 11.2. The molecule has 0 saturated heterocycles. The Bertz CT molecular complexity index is 501. The minimum atomic E-state index is 0.739. The van der Waals surface area contributed by atoms with Crippen LogP contribution in [0.15, 0.2) is 51.7 Å². The topological polar surface area (TPSA) is 29.4 Å². The van der Waals surface area contributed by atoms with Crippen molar-refractivity contribution in [3.63, 3.8) is 0 Å². The van der Waals surface area contributed by atoms with Gasteiger partial charge in [0, 0.05) is 15.5 Å². The molecule has 80 valence electrons. The van der Waals surface area contributed by atoms with Crippen molar-refractivity contribution in [1.82, 2.24) is 0 Å². The minimum absolute atomic E-state index is 0.739. The second kappa shape index (κ2) is 5.66. The molecule has 1 aromatic carbocycles. The molecule has 0 fully saturated rings. The lowest BCUT2D eigenvalue weighted by molar-refractivity contribution is 0.565. The van der Waals surface area contributed by atoms with Gasteiger partial charge in [0.05, 0.1) is 5.69 Å². The van der Waals surface area contributed by atoms with Crippen molar-refractivity contribution in [2.75, 3.05) is 0 Å². The predicted molar refractivity (Wildman–Crippen MR) is 68.1 cm³/mol. The van der Waals surface area contributed by atoms with E-state index in [2.05, 4.69) is 17.1 Å². The van der Waals surface area contributed by atoms with E-state index in [0.29, 0.717) is 0 Å². The zero-order valence-corrected chi connectivity index (χ0v) is 10.1. The highest BCUT2D eigenvalue weighted by Crippen LogP contribution is 2.31. The molecule has 0 aliphatic rings. The fourth-order valence-electron chi connectivity index (χ4n) is 1.26. The predicted octanol–water partition coefficient (Wildman–Crippen LogP) is 4.01. The molecule has 2 nitrogen and oxygen atoms in total. The van der Waals surface area contributed by atoms with Crippen LogP contribution in [0.5, 0.6) is 0 Å². The van der Waals surface area contributed by atoms with Gasteiger partial charge >= 0.3 is 0 Å². The Morgan fingerprint density at radius 1 is 1.25 bits per heavy atom. The molecular weight excluding hydrogens is 238 g/mol. The summed E-state index contributed by atoms with van der Waals surface area (Å²) < 4.78 is 0. The summed E-state index contributed by atoms with van der Waals surface area (Å²) in [5.41, 5.74) is 0.739. The largest absolute Gasteiger partial charge is 0.240 e. The summed E-state index contributed by atoms with van der Waals surface area (Å²) >= 11 is 3.35. The van der Waals surface area contributed by atoms with Crippen LogP contribution in [0.25, 0.3) is 0 Å². The van der Waals surface area contributed by atoms with E-state index >= 15 is 0 Å². The second-order valence-corrected chi connectivity index (χ2v) is 5.08. The third-order valence-electron chi connectivity index (χ3n) is 2.00. The quantitative estimate of drug-likeness (QED) is 0.464. The van der Waals surface area contributed by atoms with Crippen molar-refractivity contribution in [1.29, 1.82) is 0 Å². The number of rotatable bonds is 4. The summed E-state index contributed by atoms with van der Waals surface area (Å²) in [4.78, 5) is 16.2. The molecule has 0 aliphatic heterocycles. The van der Waals surface area contributed by atoms with Crippen LogP contribution in [0, 0.1) is 0 Å². The number of hydrogen-bond acceptors (Lipinski definition) is 4. The van der Waals surface area contributed by atoms with Gasteiger partial charge in [-0.2, -0.15) is 4.99 Å². The number of hydrogen-bond donors (Lipinski definition) is 0. The molecule has 0 saturated carbocycles. The van der Waals surface area contributed by atoms with Crippen LogP contribution in [0.1, 0.15) is 4.88 Å². The molecule has 2 rings (SSSR count). The maximum absolute atomic E-state index is 10.2. The van der Waals surface area contributed by atoms with Crippen LogP contribution >= 0.6 is 23.1 Å². The molecule has 16 heavy (non-hydrogen) atoms. The summed E-state index contributed by atoms with van der Waals surface area (Å²) in [6.07, 6.45) is 1.58. The Kier molecular flexibility index (Phi) is 3.94. The van der Waals surface area contributed by atoms with Crippen LogP contribution in [0.4, 0.5) is 5.69 Å². The fraction of sp³-hybridized carbons (Fsp3) is 0.0833. The van der Waals surface area contributed by atoms with Crippen molar-refractivity contribution < 1.29 is 4.79 Å². The molecule has 1 aromatic heterocycles. The number of thioether (sulfide) groups is 1. The lowest BCUT2D eigenvalue weighted by Gasteiger charge is -1.99. The number of aliphatic imine (C=N–C) groups is 1. The molecule has 1 heterocycles. The molecule has 0 unspecified atom stereocenters. The first-order valence-electron chi connectivity index (χ1n) is 4.72. The molecule has 0 spiro atoms. The van der Waals surface area contributed by atoms with Gasteiger partial charge in [-0.25, -0.2) is 4.79 Å². The first kappa shape index (κ1) is 11.1. The maximum Gasteiger partial charge on any atom is 0.240 e. The van der Waals surface area contributed by atoms with Gasteiger partial charge in [0.15, 0.2) is 0 Å². The van der Waals surface area contributed by atoms with Gasteiger partial charge in [-0.3, -0.25) is 0 Å². The van der Waals surface area contributed by atoms with E-state index in [0.717, 1.165) is 16.3 Å². The lowest BCUT2D eigenvalue weighted by Crippen LogP contribution is -1.75. The van der Waals surface area contributed by atoms with Gasteiger partial charge in [0.1, 0.15) is 0 Å². The molecule has 0 radical (unpaired) electrons. The van der Waals surface area contributed by atoms with Crippen LogP contribution in [-0.2, 0) is 10.5 Å². The molecule has 0 aliphatic carbocycles. The van der Waals surface area contributed by atoms with Gasteiger partial charge in [0.25, 0.3) is 0 Å². The smallest absolute Gasteiger partial charge is 0.211 e. The Morgan fingerprint density at radius 2 is 2.06 bits per heavy atom. The number of nitrogens with zero attached hydrogens (tertiary/aromatic N) is 1. The Labute approximate surface area is 102 Å². The Morgan fingerprint density at radius 3 is 2.81 bits per heavy atom. The number of thiophene rings is 1. The Balaban J connectivity index is 2.05. The molecule has 0 atom stereocenters. The highest BCUT2D eigenvalue weighted by atomic mass is 32.2. The summed E-state index contributed by atoms with van der Waals surface area (Å²) in [6, 6.07) is 12.0. The molecule has 2 aromatic rings. The summed E-state index contributed by atoms with van der Waals surface area (Å²) in [6.45, 7) is 0. The highest BCUT2D eigenvalue weighted by Gasteiger charge is 2.03. The summed E-state index contributed by atoms with van der Waals surface area (Å²) in [5, 5.41) is 1.94. The second-order valence-electron chi connectivity index (χ2n) is 3.03. The normalized spacial score (nSPS) is 9.75. The van der Waals surface area contributed by atoms with E-state index in [4.69, 9.17) is 0 Å². The first-order valence-corrected chi connectivity index (χ1v) is 6.59. The standard InChI is InChI=1S/C12H9NOS2/c14-9-13-11-6-7-15-12(11)8-16-10-4-2-1-3-5-10/h1-7H,8H2. The molecule has 0 N–H and O–H groups in total. The van der Waals surface area contributed by atoms with Gasteiger partial charge in [-0.15, -0.1) is 23.1 Å². The van der Waals surface area contributed by atoms with E-state index < -0.39 is 0 Å². The van der Waals surface area contributed by atoms with E-state index in [9.17, 15) is 4.79 Å². The lowest BCUT2D eigenvalue weighted by atomic mass is 10.4. The van der Waals surface area contributed by atoms with Crippen molar-refractivity contribution in [2.24, 2.45) is 4.99 Å². The van der Waals surface area contributed by atoms with Gasteiger partial charge in [-0.05, 0) is 23.6 Å². The van der Waals surface area contributed by atoms with E-state index in [1.807, 2.05) is 29.6 Å². The third-order valence-corrected chi connectivity index (χ3v) is 4.13. The van der Waals surface area contributed by atoms with Crippen LogP contribution < -0.4 is 0 Å². The monoisotopic (exact) mass is 247 g/mol. The average Bonchev–Trinajstić information content (AvgIpc) is 2.76. The van der Waals surface area contributed by atoms with E-state index in [1.54, 1.807) is 29.2 Å². The van der Waals surface area contributed by atoms with E-state index in [1.165, 1.54) is 4.90 Å². The van der Waals surface area contributed by atoms with Gasteiger partial charge < -0.3 is 0 Å². The SMILES string of the molecule is O=C=Nc1ccsc1CSc1ccccc1. The number of isocyanates is 1. The molecule has 0 amide bonds. The van der Waals surface area contributed by atoms with Crippen molar-refractivity contribution in [3.05, 3.63) is 46.7 Å². The van der Waals surface area contributed by atoms with Crippen molar-refractivity contribution >= 4 is 34.9 Å². The number of benzene rings is 1. The first-order chi connectivity index (χ1) is 7.90. The van der Waals surface area contributed by atoms with Crippen LogP contribution in [0.2, 0.25) is 0 Å². The third kappa shape index (κ3) is 2.83. The molecular formula is C12H9NOS2. The summed E-state index contributed by atoms with van der Waals surface area (Å²) in [5.74, 6) is 0.836. The van der Waals surface area contributed by atoms with Gasteiger partial charge in [0.2, 0.25) is 6.08 Å². The van der Waals surface area contributed by atoms with Crippen LogP contribution in [0.3, 0.4) is 0 Å². The van der Waals surface area contributed by atoms with Crippen LogP contribution in [-0.4, -0.2) is 6.08 Å². The summed E-state index contributed by atoms with van der Waals surface area (Å²) in [7, 11) is 0. The average molecular weight is 247 g/mol.